The molecule has 0 spiro atoms. The second-order valence-electron chi connectivity index (χ2n) is 4.45. The van der Waals surface area contributed by atoms with Gasteiger partial charge < -0.3 is 19.7 Å². The van der Waals surface area contributed by atoms with Crippen molar-refractivity contribution >= 4 is 17.8 Å². The highest BCUT2D eigenvalue weighted by atomic mass is 16.5. The van der Waals surface area contributed by atoms with E-state index >= 15 is 0 Å². The van der Waals surface area contributed by atoms with Crippen LogP contribution in [0.3, 0.4) is 0 Å². The molecule has 6 nitrogen and oxygen atoms in total. The topological polar surface area (TPSA) is 63.2 Å². The first kappa shape index (κ1) is 12.5. The first-order chi connectivity index (χ1) is 9.74. The zero-order valence-corrected chi connectivity index (χ0v) is 11.3. The summed E-state index contributed by atoms with van der Waals surface area (Å²) >= 11 is 0. The molecule has 0 unspecified atom stereocenters. The Morgan fingerprint density at radius 2 is 2.05 bits per heavy atom. The van der Waals surface area contributed by atoms with Gasteiger partial charge in [-0.05, 0) is 12.1 Å². The number of carbonyl (C=O) groups excluding carboxylic acids is 1. The van der Waals surface area contributed by atoms with Crippen molar-refractivity contribution in [1.29, 1.82) is 0 Å². The molecule has 0 fully saturated rings. The first-order valence-corrected chi connectivity index (χ1v) is 6.28. The zero-order chi connectivity index (χ0) is 14.1. The molecule has 0 aromatic heterocycles. The van der Waals surface area contributed by atoms with Crippen molar-refractivity contribution in [3.05, 3.63) is 29.6 Å². The molecule has 0 aliphatic carbocycles. The molecule has 2 heterocycles. The van der Waals surface area contributed by atoms with E-state index in [1.807, 2.05) is 6.07 Å². The van der Waals surface area contributed by atoms with Gasteiger partial charge in [-0.1, -0.05) is 0 Å². The number of hydrogen-bond acceptors (Lipinski definition) is 5. The number of benzene rings is 1. The van der Waals surface area contributed by atoms with E-state index in [1.54, 1.807) is 37.5 Å². The van der Waals surface area contributed by atoms with E-state index in [4.69, 9.17) is 9.47 Å². The number of ether oxygens (including phenoxy) is 2. The molecule has 2 aliphatic heterocycles. The summed E-state index contributed by atoms with van der Waals surface area (Å²) in [6, 6.07) is 5.41. The van der Waals surface area contributed by atoms with Crippen molar-refractivity contribution in [2.75, 3.05) is 32.2 Å². The van der Waals surface area contributed by atoms with E-state index in [0.717, 1.165) is 11.4 Å². The van der Waals surface area contributed by atoms with Gasteiger partial charge in [-0.3, -0.25) is 9.79 Å². The number of nitrogens with one attached hydrogen (secondary N) is 1. The zero-order valence-electron chi connectivity index (χ0n) is 11.3. The Labute approximate surface area is 116 Å². The van der Waals surface area contributed by atoms with Gasteiger partial charge in [0.25, 0.3) is 5.91 Å². The molecule has 0 saturated carbocycles. The molecule has 6 heteroatoms. The molecule has 1 N–H and O–H groups in total. The van der Waals surface area contributed by atoms with Gasteiger partial charge in [0.05, 0.1) is 33.0 Å². The van der Waals surface area contributed by atoms with Crippen molar-refractivity contribution in [1.82, 2.24) is 5.32 Å². The van der Waals surface area contributed by atoms with Gasteiger partial charge in [0.15, 0.2) is 11.5 Å². The molecule has 104 valence electrons. The van der Waals surface area contributed by atoms with Crippen molar-refractivity contribution in [3.8, 4) is 11.5 Å². The van der Waals surface area contributed by atoms with Crippen LogP contribution in [0.1, 0.15) is 0 Å². The minimum atomic E-state index is -0.101. The fraction of sp³-hybridized carbons (Fsp3) is 0.286. The smallest absolute Gasteiger partial charge is 0.279 e. The van der Waals surface area contributed by atoms with Crippen LogP contribution >= 0.6 is 0 Å². The minimum absolute atomic E-state index is 0.101. The second kappa shape index (κ2) is 4.88. The van der Waals surface area contributed by atoms with Crippen LogP contribution in [-0.2, 0) is 4.79 Å². The molecule has 0 bridgehead atoms. The highest BCUT2D eigenvalue weighted by Gasteiger charge is 2.32. The number of carbonyl (C=O) groups is 1. The van der Waals surface area contributed by atoms with E-state index < -0.39 is 0 Å². The lowest BCUT2D eigenvalue weighted by Gasteiger charge is -2.18. The summed E-state index contributed by atoms with van der Waals surface area (Å²) in [5.74, 6) is 1.13. The van der Waals surface area contributed by atoms with E-state index in [1.165, 1.54) is 0 Å². The van der Waals surface area contributed by atoms with E-state index in [-0.39, 0.29) is 5.91 Å². The Kier molecular flexibility index (Phi) is 3.06. The predicted molar refractivity (Wildman–Crippen MR) is 75.4 cm³/mol. The third-order valence-corrected chi connectivity index (χ3v) is 3.36. The van der Waals surface area contributed by atoms with Crippen LogP contribution in [0, 0.1) is 0 Å². The largest absolute Gasteiger partial charge is 0.493 e. The number of aliphatic imine (C=N–C) groups is 1. The highest BCUT2D eigenvalue weighted by molar-refractivity contribution is 6.10. The Balaban J connectivity index is 1.92. The van der Waals surface area contributed by atoms with Crippen LogP contribution in [-0.4, -0.2) is 39.4 Å². The normalized spacial score (nSPS) is 17.1. The molecule has 2 aliphatic rings. The van der Waals surface area contributed by atoms with Crippen molar-refractivity contribution in [3.63, 3.8) is 0 Å². The summed E-state index contributed by atoms with van der Waals surface area (Å²) in [6.07, 6.45) is 1.70. The van der Waals surface area contributed by atoms with Crippen molar-refractivity contribution in [2.45, 2.75) is 0 Å². The lowest BCUT2D eigenvalue weighted by atomic mass is 10.2. The summed E-state index contributed by atoms with van der Waals surface area (Å²) < 4.78 is 10.5. The molecule has 3 rings (SSSR count). The average molecular weight is 273 g/mol. The molecular weight excluding hydrogens is 258 g/mol. The maximum atomic E-state index is 12.3. The van der Waals surface area contributed by atoms with Crippen LogP contribution in [0.5, 0.6) is 11.5 Å². The fourth-order valence-corrected chi connectivity index (χ4v) is 2.34. The lowest BCUT2D eigenvalue weighted by Crippen LogP contribution is -2.27. The SMILES string of the molecule is COc1ccc(N2CC3=C(N=CCN3)C2=O)cc1OC. The van der Waals surface area contributed by atoms with Gasteiger partial charge in [-0.15, -0.1) is 0 Å². The number of rotatable bonds is 3. The third-order valence-electron chi connectivity index (χ3n) is 3.36. The number of anilines is 1. The van der Waals surface area contributed by atoms with Gasteiger partial charge in [0.1, 0.15) is 5.70 Å². The van der Waals surface area contributed by atoms with Crippen LogP contribution in [0.25, 0.3) is 0 Å². The summed E-state index contributed by atoms with van der Waals surface area (Å²) in [5.41, 5.74) is 2.12. The molecule has 1 aromatic rings. The van der Waals surface area contributed by atoms with Crippen LogP contribution in [0.4, 0.5) is 5.69 Å². The maximum Gasteiger partial charge on any atom is 0.279 e. The number of methoxy groups -OCH3 is 2. The summed E-state index contributed by atoms with van der Waals surface area (Å²) in [7, 11) is 3.15. The van der Waals surface area contributed by atoms with Gasteiger partial charge in [-0.25, -0.2) is 0 Å². The Bertz CT molecular complexity index is 622. The number of hydrogen-bond donors (Lipinski definition) is 1. The Morgan fingerprint density at radius 3 is 2.75 bits per heavy atom. The maximum absolute atomic E-state index is 12.3. The summed E-state index contributed by atoms with van der Waals surface area (Å²) in [6.45, 7) is 1.16. The van der Waals surface area contributed by atoms with E-state index in [0.29, 0.717) is 30.3 Å². The van der Waals surface area contributed by atoms with E-state index in [9.17, 15) is 4.79 Å². The highest BCUT2D eigenvalue weighted by Crippen LogP contribution is 2.34. The Morgan fingerprint density at radius 1 is 1.25 bits per heavy atom. The fourth-order valence-electron chi connectivity index (χ4n) is 2.34. The van der Waals surface area contributed by atoms with Gasteiger partial charge in [0.2, 0.25) is 0 Å². The lowest BCUT2D eigenvalue weighted by molar-refractivity contribution is -0.114. The van der Waals surface area contributed by atoms with Crippen LogP contribution in [0.15, 0.2) is 34.6 Å². The number of amides is 1. The molecule has 0 radical (unpaired) electrons. The predicted octanol–water partition coefficient (Wildman–Crippen LogP) is 0.936. The van der Waals surface area contributed by atoms with Gasteiger partial charge >= 0.3 is 0 Å². The second-order valence-corrected chi connectivity index (χ2v) is 4.45. The molecule has 1 amide bonds. The van der Waals surface area contributed by atoms with Crippen LogP contribution < -0.4 is 19.7 Å². The minimum Gasteiger partial charge on any atom is -0.493 e. The molecule has 1 aromatic carbocycles. The Hall–Kier alpha value is -2.50. The average Bonchev–Trinajstić information content (AvgIpc) is 2.84. The third kappa shape index (κ3) is 1.89. The standard InChI is InChI=1S/C14H15N3O3/c1-19-11-4-3-9(7-12(11)20-2)17-8-10-13(14(17)18)16-6-5-15-10/h3-4,6-7,15H,5,8H2,1-2H3. The monoisotopic (exact) mass is 273 g/mol. The molecule has 20 heavy (non-hydrogen) atoms. The van der Waals surface area contributed by atoms with Gasteiger partial charge in [-0.2, -0.15) is 0 Å². The summed E-state index contributed by atoms with van der Waals surface area (Å²) in [5, 5.41) is 3.17. The molecule has 0 saturated heterocycles. The summed E-state index contributed by atoms with van der Waals surface area (Å²) in [4.78, 5) is 18.2. The quantitative estimate of drug-likeness (QED) is 0.890. The molecule has 0 atom stereocenters. The first-order valence-electron chi connectivity index (χ1n) is 6.28. The van der Waals surface area contributed by atoms with Crippen molar-refractivity contribution < 1.29 is 14.3 Å². The number of nitrogens with zero attached hydrogens (tertiary/aromatic N) is 2. The van der Waals surface area contributed by atoms with Gasteiger partial charge in [0, 0.05) is 18.0 Å². The van der Waals surface area contributed by atoms with Crippen LogP contribution in [0.2, 0.25) is 0 Å². The van der Waals surface area contributed by atoms with E-state index in [2.05, 4.69) is 10.3 Å². The molecular formula is C14H15N3O3. The van der Waals surface area contributed by atoms with Crippen molar-refractivity contribution in [2.24, 2.45) is 4.99 Å².